The van der Waals surface area contributed by atoms with Crippen LogP contribution in [-0.2, 0) is 11.3 Å². The van der Waals surface area contributed by atoms with E-state index in [-0.39, 0.29) is 0 Å². The molecule has 0 bridgehead atoms. The zero-order valence-electron chi connectivity index (χ0n) is 11.5. The largest absolute Gasteiger partial charge is 0.391 e. The summed E-state index contributed by atoms with van der Waals surface area (Å²) in [5, 5.41) is 14.0. The molecule has 0 saturated heterocycles. The number of nitrogens with one attached hydrogen (secondary N) is 1. The molecule has 0 spiro atoms. The van der Waals surface area contributed by atoms with Gasteiger partial charge in [-0.2, -0.15) is 0 Å². The lowest BCUT2D eigenvalue weighted by molar-refractivity contribution is 0.0594. The first-order chi connectivity index (χ1) is 9.72. The number of rotatable bonds is 7. The quantitative estimate of drug-likeness (QED) is 0.761. The van der Waals surface area contributed by atoms with Gasteiger partial charge in [-0.25, -0.2) is 0 Å². The van der Waals surface area contributed by atoms with Gasteiger partial charge in [-0.05, 0) is 30.7 Å². The molecule has 1 heterocycles. The molecule has 0 saturated carbocycles. The maximum absolute atomic E-state index is 9.57. The van der Waals surface area contributed by atoms with Crippen molar-refractivity contribution in [2.75, 3.05) is 20.3 Å². The van der Waals surface area contributed by atoms with Gasteiger partial charge in [0.2, 0.25) is 0 Å². The third-order valence-electron chi connectivity index (χ3n) is 3.13. The van der Waals surface area contributed by atoms with Crippen LogP contribution in [0.2, 0.25) is 0 Å². The summed E-state index contributed by atoms with van der Waals surface area (Å²) in [4.78, 5) is 4.45. The summed E-state index contributed by atoms with van der Waals surface area (Å²) in [6, 6.07) is 8.10. The number of pyridine rings is 1. The van der Waals surface area contributed by atoms with Gasteiger partial charge in [-0.1, -0.05) is 28.1 Å². The van der Waals surface area contributed by atoms with E-state index in [0.29, 0.717) is 13.0 Å². The topological polar surface area (TPSA) is 54.4 Å². The lowest BCUT2D eigenvalue weighted by Crippen LogP contribution is -2.23. The van der Waals surface area contributed by atoms with Crippen molar-refractivity contribution in [3.8, 4) is 0 Å². The molecule has 1 atom stereocenters. The van der Waals surface area contributed by atoms with E-state index < -0.39 is 6.10 Å². The Morgan fingerprint density at radius 3 is 3.05 bits per heavy atom. The Bertz CT molecular complexity index is 563. The van der Waals surface area contributed by atoms with Crippen LogP contribution in [0.25, 0.3) is 10.9 Å². The molecule has 1 aromatic carbocycles. The molecular weight excluding hydrogens is 320 g/mol. The number of fused-ring (bicyclic) bond motifs is 1. The van der Waals surface area contributed by atoms with Gasteiger partial charge in [0.05, 0.1) is 18.2 Å². The second kappa shape index (κ2) is 7.69. The minimum atomic E-state index is -0.410. The number of aliphatic hydroxyl groups is 1. The average molecular weight is 339 g/mol. The Labute approximate surface area is 127 Å². The van der Waals surface area contributed by atoms with Crippen LogP contribution >= 0.6 is 15.9 Å². The first-order valence-electron chi connectivity index (χ1n) is 6.62. The fourth-order valence-electron chi connectivity index (χ4n) is 2.11. The van der Waals surface area contributed by atoms with Gasteiger partial charge in [-0.15, -0.1) is 0 Å². The fourth-order valence-corrected chi connectivity index (χ4v) is 2.56. The number of hydrogen-bond donors (Lipinski definition) is 2. The fraction of sp³-hybridized carbons (Fsp3) is 0.400. The standard InChI is InChI=1S/C15H19BrN2O2/c1-20-10-12(19)6-8-17-9-11-4-5-14(16)13-3-2-7-18-15(11)13/h2-5,7,12,17,19H,6,8-10H2,1H3. The molecule has 0 aliphatic rings. The van der Waals surface area contributed by atoms with Crippen molar-refractivity contribution in [3.63, 3.8) is 0 Å². The summed E-state index contributed by atoms with van der Waals surface area (Å²) >= 11 is 3.54. The molecular formula is C15H19BrN2O2. The van der Waals surface area contributed by atoms with Crippen molar-refractivity contribution in [1.29, 1.82) is 0 Å². The van der Waals surface area contributed by atoms with Crippen molar-refractivity contribution in [2.24, 2.45) is 0 Å². The second-order valence-corrected chi connectivity index (χ2v) is 5.54. The van der Waals surface area contributed by atoms with E-state index in [4.69, 9.17) is 4.74 Å². The molecule has 2 rings (SSSR count). The normalized spacial score (nSPS) is 12.8. The van der Waals surface area contributed by atoms with E-state index in [2.05, 4.69) is 38.4 Å². The lowest BCUT2D eigenvalue weighted by atomic mass is 10.1. The second-order valence-electron chi connectivity index (χ2n) is 4.68. The third kappa shape index (κ3) is 3.99. The van der Waals surface area contributed by atoms with Crippen LogP contribution < -0.4 is 5.32 Å². The van der Waals surface area contributed by atoms with Crippen molar-refractivity contribution in [2.45, 2.75) is 19.1 Å². The Kier molecular flexibility index (Phi) is 5.91. The third-order valence-corrected chi connectivity index (χ3v) is 3.82. The van der Waals surface area contributed by atoms with Crippen LogP contribution in [0.5, 0.6) is 0 Å². The number of aromatic nitrogens is 1. The molecule has 5 heteroatoms. The number of methoxy groups -OCH3 is 1. The molecule has 2 N–H and O–H groups in total. The zero-order valence-corrected chi connectivity index (χ0v) is 13.1. The number of nitrogens with zero attached hydrogens (tertiary/aromatic N) is 1. The van der Waals surface area contributed by atoms with E-state index in [1.165, 1.54) is 0 Å². The van der Waals surface area contributed by atoms with Crippen LogP contribution in [0.1, 0.15) is 12.0 Å². The SMILES string of the molecule is COCC(O)CCNCc1ccc(Br)c2cccnc12. The van der Waals surface area contributed by atoms with E-state index in [0.717, 1.165) is 34.0 Å². The maximum atomic E-state index is 9.57. The van der Waals surface area contributed by atoms with Crippen molar-refractivity contribution in [1.82, 2.24) is 10.3 Å². The number of halogens is 1. The van der Waals surface area contributed by atoms with Crippen LogP contribution in [0, 0.1) is 0 Å². The summed E-state index contributed by atoms with van der Waals surface area (Å²) < 4.78 is 5.95. The monoisotopic (exact) mass is 338 g/mol. The lowest BCUT2D eigenvalue weighted by Gasteiger charge is -2.11. The van der Waals surface area contributed by atoms with Crippen molar-refractivity contribution >= 4 is 26.8 Å². The Balaban J connectivity index is 1.95. The van der Waals surface area contributed by atoms with Crippen molar-refractivity contribution < 1.29 is 9.84 Å². The van der Waals surface area contributed by atoms with E-state index in [9.17, 15) is 5.11 Å². The highest BCUT2D eigenvalue weighted by Gasteiger charge is 2.06. The van der Waals surface area contributed by atoms with Crippen LogP contribution in [-0.4, -0.2) is 36.5 Å². The predicted octanol–water partition coefficient (Wildman–Crippen LogP) is 2.48. The minimum Gasteiger partial charge on any atom is -0.391 e. The van der Waals surface area contributed by atoms with E-state index in [1.54, 1.807) is 13.3 Å². The minimum absolute atomic E-state index is 0.379. The summed E-state index contributed by atoms with van der Waals surface area (Å²) in [6.07, 6.45) is 2.07. The van der Waals surface area contributed by atoms with E-state index in [1.807, 2.05) is 12.1 Å². The Morgan fingerprint density at radius 2 is 2.25 bits per heavy atom. The predicted molar refractivity (Wildman–Crippen MR) is 83.6 cm³/mol. The highest BCUT2D eigenvalue weighted by atomic mass is 79.9. The van der Waals surface area contributed by atoms with Gasteiger partial charge in [0.25, 0.3) is 0 Å². The van der Waals surface area contributed by atoms with Gasteiger partial charge >= 0.3 is 0 Å². The Morgan fingerprint density at radius 1 is 1.40 bits per heavy atom. The number of hydrogen-bond acceptors (Lipinski definition) is 4. The molecule has 0 aliphatic heterocycles. The Hall–Kier alpha value is -1.01. The average Bonchev–Trinajstić information content (AvgIpc) is 2.46. The van der Waals surface area contributed by atoms with Crippen LogP contribution in [0.3, 0.4) is 0 Å². The molecule has 108 valence electrons. The molecule has 1 unspecified atom stereocenters. The van der Waals surface area contributed by atoms with Gasteiger partial charge in [0, 0.05) is 29.7 Å². The molecule has 2 aromatic rings. The van der Waals surface area contributed by atoms with Gasteiger partial charge < -0.3 is 15.2 Å². The number of benzene rings is 1. The molecule has 4 nitrogen and oxygen atoms in total. The summed E-state index contributed by atoms with van der Waals surface area (Å²) in [7, 11) is 1.59. The zero-order chi connectivity index (χ0) is 14.4. The van der Waals surface area contributed by atoms with Crippen LogP contribution in [0.15, 0.2) is 34.9 Å². The van der Waals surface area contributed by atoms with Gasteiger partial charge in [0.1, 0.15) is 0 Å². The molecule has 0 amide bonds. The highest BCUT2D eigenvalue weighted by molar-refractivity contribution is 9.10. The van der Waals surface area contributed by atoms with Gasteiger partial charge in [0.15, 0.2) is 0 Å². The first-order valence-corrected chi connectivity index (χ1v) is 7.41. The molecule has 0 aliphatic carbocycles. The summed E-state index contributed by atoms with van der Waals surface area (Å²) in [5.74, 6) is 0. The highest BCUT2D eigenvalue weighted by Crippen LogP contribution is 2.25. The van der Waals surface area contributed by atoms with Crippen molar-refractivity contribution in [3.05, 3.63) is 40.5 Å². The first kappa shape index (κ1) is 15.4. The molecule has 1 aromatic heterocycles. The smallest absolute Gasteiger partial charge is 0.0785 e. The molecule has 0 fully saturated rings. The molecule has 0 radical (unpaired) electrons. The number of aliphatic hydroxyl groups excluding tert-OH is 1. The maximum Gasteiger partial charge on any atom is 0.0785 e. The van der Waals surface area contributed by atoms with Gasteiger partial charge in [-0.3, -0.25) is 4.98 Å². The summed E-state index contributed by atoms with van der Waals surface area (Å²) in [6.45, 7) is 1.86. The summed E-state index contributed by atoms with van der Waals surface area (Å²) in [5.41, 5.74) is 2.16. The number of ether oxygens (including phenoxy) is 1. The molecule has 20 heavy (non-hydrogen) atoms. The van der Waals surface area contributed by atoms with Crippen LogP contribution in [0.4, 0.5) is 0 Å². The van der Waals surface area contributed by atoms with E-state index >= 15 is 0 Å².